The van der Waals surface area contributed by atoms with Crippen molar-refractivity contribution in [3.8, 4) is 0 Å². The Kier molecular flexibility index (Phi) is 2.96. The zero-order chi connectivity index (χ0) is 9.14. The van der Waals surface area contributed by atoms with Crippen LogP contribution < -0.4 is 5.73 Å². The fraction of sp³-hybridized carbons (Fsp3) is 0.636. The smallest absolute Gasteiger partial charge is 0.0116 e. The summed E-state index contributed by atoms with van der Waals surface area (Å²) in [6.45, 7) is 6.61. The summed E-state index contributed by atoms with van der Waals surface area (Å²) in [6, 6.07) is 0. The lowest BCUT2D eigenvalue weighted by atomic mass is 10.1. The van der Waals surface area contributed by atoms with Gasteiger partial charge < -0.3 is 5.73 Å². The second-order valence-electron chi connectivity index (χ2n) is 3.91. The van der Waals surface area contributed by atoms with Gasteiger partial charge in [0.2, 0.25) is 0 Å². The van der Waals surface area contributed by atoms with Gasteiger partial charge in [-0.25, -0.2) is 0 Å². The molecule has 0 amide bonds. The van der Waals surface area contributed by atoms with Crippen molar-refractivity contribution in [3.63, 3.8) is 0 Å². The Balaban J connectivity index is 2.70. The van der Waals surface area contributed by atoms with Crippen LogP contribution in [-0.2, 0) is 0 Å². The van der Waals surface area contributed by atoms with Crippen molar-refractivity contribution in [1.82, 2.24) is 0 Å². The second-order valence-corrected chi connectivity index (χ2v) is 3.91. The highest BCUT2D eigenvalue weighted by molar-refractivity contribution is 5.31. The van der Waals surface area contributed by atoms with E-state index in [1.54, 1.807) is 0 Å². The van der Waals surface area contributed by atoms with Crippen molar-refractivity contribution in [2.75, 3.05) is 0 Å². The SMILES string of the molecule is CC/C(C)=C\C1=C(N)CC(C)C1. The van der Waals surface area contributed by atoms with Gasteiger partial charge in [0.1, 0.15) is 0 Å². The average Bonchev–Trinajstić information content (AvgIpc) is 2.30. The third kappa shape index (κ3) is 2.13. The summed E-state index contributed by atoms with van der Waals surface area (Å²) in [7, 11) is 0. The maximum Gasteiger partial charge on any atom is 0.0116 e. The maximum atomic E-state index is 5.91. The molecule has 0 fully saturated rings. The normalized spacial score (nSPS) is 25.2. The van der Waals surface area contributed by atoms with Gasteiger partial charge in [-0.2, -0.15) is 0 Å². The average molecular weight is 165 g/mol. The molecule has 0 radical (unpaired) electrons. The lowest BCUT2D eigenvalue weighted by Gasteiger charge is -1.99. The van der Waals surface area contributed by atoms with E-state index in [0.29, 0.717) is 0 Å². The molecule has 0 saturated heterocycles. The molecule has 0 aromatic rings. The minimum absolute atomic E-state index is 0.751. The summed E-state index contributed by atoms with van der Waals surface area (Å²) in [5.74, 6) is 0.751. The summed E-state index contributed by atoms with van der Waals surface area (Å²) >= 11 is 0. The Bertz CT molecular complexity index is 223. The van der Waals surface area contributed by atoms with Crippen LogP contribution in [0.25, 0.3) is 0 Å². The molecule has 0 aromatic carbocycles. The van der Waals surface area contributed by atoms with Crippen LogP contribution in [-0.4, -0.2) is 0 Å². The Morgan fingerprint density at radius 1 is 1.58 bits per heavy atom. The Morgan fingerprint density at radius 3 is 2.67 bits per heavy atom. The van der Waals surface area contributed by atoms with Crippen molar-refractivity contribution in [3.05, 3.63) is 22.9 Å². The Hall–Kier alpha value is -0.720. The molecule has 12 heavy (non-hydrogen) atoms. The molecule has 2 N–H and O–H groups in total. The van der Waals surface area contributed by atoms with Crippen molar-refractivity contribution in [2.24, 2.45) is 11.7 Å². The van der Waals surface area contributed by atoms with E-state index in [4.69, 9.17) is 5.73 Å². The first-order valence-corrected chi connectivity index (χ1v) is 4.78. The largest absolute Gasteiger partial charge is 0.402 e. The number of rotatable bonds is 2. The summed E-state index contributed by atoms with van der Waals surface area (Å²) in [5.41, 5.74) is 9.82. The molecule has 0 spiro atoms. The maximum absolute atomic E-state index is 5.91. The van der Waals surface area contributed by atoms with E-state index in [0.717, 1.165) is 24.5 Å². The van der Waals surface area contributed by atoms with Gasteiger partial charge in [-0.05, 0) is 37.7 Å². The molecule has 0 heterocycles. The van der Waals surface area contributed by atoms with E-state index >= 15 is 0 Å². The molecule has 1 nitrogen and oxygen atoms in total. The molecule has 0 saturated carbocycles. The van der Waals surface area contributed by atoms with E-state index in [9.17, 15) is 0 Å². The zero-order valence-electron chi connectivity index (χ0n) is 8.35. The van der Waals surface area contributed by atoms with Gasteiger partial charge in [-0.1, -0.05) is 25.5 Å². The van der Waals surface area contributed by atoms with E-state index in [1.165, 1.54) is 17.6 Å². The highest BCUT2D eigenvalue weighted by atomic mass is 14.6. The first-order valence-electron chi connectivity index (χ1n) is 4.78. The topological polar surface area (TPSA) is 26.0 Å². The number of hydrogen-bond acceptors (Lipinski definition) is 1. The minimum atomic E-state index is 0.751. The number of nitrogens with two attached hydrogens (primary N) is 1. The highest BCUT2D eigenvalue weighted by Gasteiger charge is 2.16. The first-order chi connectivity index (χ1) is 5.63. The third-order valence-electron chi connectivity index (χ3n) is 2.53. The van der Waals surface area contributed by atoms with Gasteiger partial charge in [-0.3, -0.25) is 0 Å². The van der Waals surface area contributed by atoms with E-state index in [1.807, 2.05) is 0 Å². The molecule has 1 rings (SSSR count). The summed E-state index contributed by atoms with van der Waals surface area (Å²) in [4.78, 5) is 0. The van der Waals surface area contributed by atoms with Crippen LogP contribution in [0.5, 0.6) is 0 Å². The molecule has 1 unspecified atom stereocenters. The van der Waals surface area contributed by atoms with Crippen LogP contribution in [0.1, 0.15) is 40.0 Å². The van der Waals surface area contributed by atoms with Crippen LogP contribution in [0.3, 0.4) is 0 Å². The van der Waals surface area contributed by atoms with Gasteiger partial charge in [0.05, 0.1) is 0 Å². The molecular weight excluding hydrogens is 146 g/mol. The van der Waals surface area contributed by atoms with Crippen molar-refractivity contribution < 1.29 is 0 Å². The van der Waals surface area contributed by atoms with Crippen LogP contribution in [0.15, 0.2) is 22.9 Å². The highest BCUT2D eigenvalue weighted by Crippen LogP contribution is 2.29. The molecule has 0 aliphatic heterocycles. The summed E-state index contributed by atoms with van der Waals surface area (Å²) in [6.07, 6.45) is 5.65. The molecule has 1 aliphatic carbocycles. The number of hydrogen-bond donors (Lipinski definition) is 1. The van der Waals surface area contributed by atoms with Crippen LogP contribution in [0.2, 0.25) is 0 Å². The van der Waals surface area contributed by atoms with Crippen LogP contribution in [0.4, 0.5) is 0 Å². The minimum Gasteiger partial charge on any atom is -0.402 e. The van der Waals surface area contributed by atoms with Crippen molar-refractivity contribution >= 4 is 0 Å². The lowest BCUT2D eigenvalue weighted by Crippen LogP contribution is -1.95. The molecular formula is C11H19N. The van der Waals surface area contributed by atoms with Crippen LogP contribution in [0, 0.1) is 5.92 Å². The molecule has 0 aromatic heterocycles. The Labute approximate surface area is 75.3 Å². The van der Waals surface area contributed by atoms with Gasteiger partial charge in [0.25, 0.3) is 0 Å². The third-order valence-corrected chi connectivity index (χ3v) is 2.53. The standard InChI is InChI=1S/C11H19N/c1-4-8(2)5-10-6-9(3)7-11(10)12/h5,9H,4,6-7,12H2,1-3H3/b8-5-. The molecule has 1 heteroatoms. The lowest BCUT2D eigenvalue weighted by molar-refractivity contribution is 0.621. The molecule has 68 valence electrons. The van der Waals surface area contributed by atoms with E-state index < -0.39 is 0 Å². The molecule has 1 atom stereocenters. The van der Waals surface area contributed by atoms with Crippen LogP contribution >= 0.6 is 0 Å². The van der Waals surface area contributed by atoms with Crippen molar-refractivity contribution in [1.29, 1.82) is 0 Å². The Morgan fingerprint density at radius 2 is 2.25 bits per heavy atom. The molecule has 0 bridgehead atoms. The van der Waals surface area contributed by atoms with E-state index in [-0.39, 0.29) is 0 Å². The summed E-state index contributed by atoms with van der Waals surface area (Å²) in [5, 5.41) is 0. The van der Waals surface area contributed by atoms with Crippen molar-refractivity contribution in [2.45, 2.75) is 40.0 Å². The fourth-order valence-electron chi connectivity index (χ4n) is 1.64. The van der Waals surface area contributed by atoms with Gasteiger partial charge in [0.15, 0.2) is 0 Å². The van der Waals surface area contributed by atoms with Gasteiger partial charge >= 0.3 is 0 Å². The fourth-order valence-corrected chi connectivity index (χ4v) is 1.64. The zero-order valence-corrected chi connectivity index (χ0v) is 8.35. The predicted molar refractivity (Wildman–Crippen MR) is 53.7 cm³/mol. The monoisotopic (exact) mass is 165 g/mol. The first kappa shape index (κ1) is 9.37. The molecule has 1 aliphatic rings. The second kappa shape index (κ2) is 3.79. The summed E-state index contributed by atoms with van der Waals surface area (Å²) < 4.78 is 0. The van der Waals surface area contributed by atoms with E-state index in [2.05, 4.69) is 26.8 Å². The predicted octanol–water partition coefficient (Wildman–Crippen LogP) is 2.99. The van der Waals surface area contributed by atoms with Gasteiger partial charge in [-0.15, -0.1) is 0 Å². The quantitative estimate of drug-likeness (QED) is 0.668. The van der Waals surface area contributed by atoms with Gasteiger partial charge in [0, 0.05) is 5.70 Å². The number of allylic oxidation sites excluding steroid dienone is 4.